The molecular formula is C25H25Cl3N2O3. The Labute approximate surface area is 208 Å². The van der Waals surface area contributed by atoms with Crippen LogP contribution in [0.25, 0.3) is 0 Å². The maximum Gasteiger partial charge on any atom is 0.407 e. The van der Waals surface area contributed by atoms with Crippen LogP contribution in [0.4, 0.5) is 10.5 Å². The molecule has 0 spiro atoms. The summed E-state index contributed by atoms with van der Waals surface area (Å²) in [6.07, 6.45) is -0.475. The van der Waals surface area contributed by atoms with E-state index in [9.17, 15) is 4.79 Å². The number of hydrogen-bond donors (Lipinski definition) is 2. The fourth-order valence-corrected chi connectivity index (χ4v) is 3.39. The molecule has 3 aromatic carbocycles. The lowest BCUT2D eigenvalue weighted by molar-refractivity contribution is 0.0523. The highest BCUT2D eigenvalue weighted by atomic mass is 35.5. The third-order valence-electron chi connectivity index (χ3n) is 4.37. The summed E-state index contributed by atoms with van der Waals surface area (Å²) in [4.78, 5) is 11.9. The maximum absolute atomic E-state index is 11.9. The summed E-state index contributed by atoms with van der Waals surface area (Å²) < 4.78 is 11.4. The molecule has 0 fully saturated rings. The second kappa shape index (κ2) is 11.0. The molecule has 0 aliphatic heterocycles. The summed E-state index contributed by atoms with van der Waals surface area (Å²) in [6, 6.07) is 18.3. The second-order valence-electron chi connectivity index (χ2n) is 8.35. The Kier molecular flexibility index (Phi) is 8.35. The lowest BCUT2D eigenvalue weighted by Crippen LogP contribution is -2.32. The normalized spacial score (nSPS) is 11.1. The molecule has 0 saturated carbocycles. The van der Waals surface area contributed by atoms with Gasteiger partial charge >= 0.3 is 6.09 Å². The summed E-state index contributed by atoms with van der Waals surface area (Å²) in [5.74, 6) is 1.18. The molecule has 3 aromatic rings. The van der Waals surface area contributed by atoms with E-state index in [1.165, 1.54) is 0 Å². The number of benzene rings is 3. The molecule has 8 heteroatoms. The number of hydrogen-bond acceptors (Lipinski definition) is 4. The number of nitrogens with one attached hydrogen (secondary N) is 2. The first-order valence-electron chi connectivity index (χ1n) is 10.3. The molecule has 0 unspecified atom stereocenters. The average molecular weight is 508 g/mol. The highest BCUT2D eigenvalue weighted by molar-refractivity contribution is 6.42. The van der Waals surface area contributed by atoms with Crippen LogP contribution in [0.5, 0.6) is 11.5 Å². The van der Waals surface area contributed by atoms with Crippen molar-refractivity contribution < 1.29 is 14.3 Å². The third-order valence-corrected chi connectivity index (χ3v) is 5.35. The standard InChI is InChI=1S/C25H25Cl3N2O3/c1-25(2,3)33-24(31)30-15-16-5-4-6-19(11-16)32-23-13-18(26)8-10-22(23)29-14-17-7-9-20(27)21(28)12-17/h4-13,29H,14-15H2,1-3H3,(H,30,31). The number of carbonyl (C=O) groups is 1. The first-order valence-corrected chi connectivity index (χ1v) is 11.4. The molecule has 3 rings (SSSR count). The molecule has 5 nitrogen and oxygen atoms in total. The van der Waals surface area contributed by atoms with Crippen LogP contribution in [0.1, 0.15) is 31.9 Å². The van der Waals surface area contributed by atoms with Gasteiger partial charge in [0, 0.05) is 24.2 Å². The average Bonchev–Trinajstić information content (AvgIpc) is 2.73. The van der Waals surface area contributed by atoms with Crippen LogP contribution in [0.2, 0.25) is 15.1 Å². The fraction of sp³-hybridized carbons (Fsp3) is 0.240. The highest BCUT2D eigenvalue weighted by Gasteiger charge is 2.16. The first-order chi connectivity index (χ1) is 15.6. The van der Waals surface area contributed by atoms with E-state index in [0.29, 0.717) is 39.7 Å². The number of rotatable bonds is 7. The van der Waals surface area contributed by atoms with Gasteiger partial charge in [-0.3, -0.25) is 0 Å². The SMILES string of the molecule is CC(C)(C)OC(=O)NCc1cccc(Oc2cc(Cl)ccc2NCc2ccc(Cl)c(Cl)c2)c1. The van der Waals surface area contributed by atoms with Crippen LogP contribution in [-0.2, 0) is 17.8 Å². The molecular weight excluding hydrogens is 483 g/mol. The predicted octanol–water partition coefficient (Wildman–Crippen LogP) is 8.08. The van der Waals surface area contributed by atoms with Crippen molar-refractivity contribution in [2.24, 2.45) is 0 Å². The van der Waals surface area contributed by atoms with Crippen molar-refractivity contribution in [2.75, 3.05) is 5.32 Å². The van der Waals surface area contributed by atoms with Crippen LogP contribution < -0.4 is 15.4 Å². The quantitative estimate of drug-likeness (QED) is 0.339. The van der Waals surface area contributed by atoms with Crippen LogP contribution in [-0.4, -0.2) is 11.7 Å². The van der Waals surface area contributed by atoms with Crippen LogP contribution >= 0.6 is 34.8 Å². The van der Waals surface area contributed by atoms with Gasteiger partial charge in [-0.05, 0) is 68.3 Å². The van der Waals surface area contributed by atoms with Crippen molar-refractivity contribution in [3.63, 3.8) is 0 Å². The van der Waals surface area contributed by atoms with Gasteiger partial charge in [0.05, 0.1) is 15.7 Å². The lowest BCUT2D eigenvalue weighted by atomic mass is 10.2. The van der Waals surface area contributed by atoms with Crippen molar-refractivity contribution >= 4 is 46.6 Å². The van der Waals surface area contributed by atoms with Gasteiger partial charge in [-0.2, -0.15) is 0 Å². The molecule has 0 bridgehead atoms. The Balaban J connectivity index is 1.68. The van der Waals surface area contributed by atoms with Crippen LogP contribution in [0.15, 0.2) is 60.7 Å². The molecule has 0 saturated heterocycles. The second-order valence-corrected chi connectivity index (χ2v) is 9.60. The van der Waals surface area contributed by atoms with Gasteiger partial charge in [-0.25, -0.2) is 4.79 Å². The highest BCUT2D eigenvalue weighted by Crippen LogP contribution is 2.33. The molecule has 174 valence electrons. The minimum absolute atomic E-state index is 0.310. The van der Waals surface area contributed by atoms with Crippen LogP contribution in [0, 0.1) is 0 Å². The zero-order valence-electron chi connectivity index (χ0n) is 18.5. The zero-order chi connectivity index (χ0) is 24.0. The van der Waals surface area contributed by atoms with Gasteiger partial charge in [-0.1, -0.05) is 53.0 Å². The number of carbonyl (C=O) groups excluding carboxylic acids is 1. The molecule has 0 heterocycles. The Morgan fingerprint density at radius 3 is 2.36 bits per heavy atom. The van der Waals surface area contributed by atoms with Crippen molar-refractivity contribution in [3.05, 3.63) is 86.9 Å². The predicted molar refractivity (Wildman–Crippen MR) is 135 cm³/mol. The monoisotopic (exact) mass is 506 g/mol. The van der Waals surface area contributed by atoms with E-state index in [-0.39, 0.29) is 0 Å². The zero-order valence-corrected chi connectivity index (χ0v) is 20.8. The van der Waals surface area contributed by atoms with E-state index in [1.807, 2.05) is 63.2 Å². The molecule has 0 atom stereocenters. The van der Waals surface area contributed by atoms with Gasteiger partial charge in [0.2, 0.25) is 0 Å². The first kappa shape index (κ1) is 25.0. The molecule has 1 amide bonds. The van der Waals surface area contributed by atoms with E-state index in [4.69, 9.17) is 44.3 Å². The maximum atomic E-state index is 11.9. The Morgan fingerprint density at radius 2 is 1.64 bits per heavy atom. The lowest BCUT2D eigenvalue weighted by Gasteiger charge is -2.19. The van der Waals surface area contributed by atoms with Crippen LogP contribution in [0.3, 0.4) is 0 Å². The van der Waals surface area contributed by atoms with E-state index in [2.05, 4.69) is 10.6 Å². The molecule has 0 radical (unpaired) electrons. The van der Waals surface area contributed by atoms with Crippen molar-refractivity contribution in [1.29, 1.82) is 0 Å². The van der Waals surface area contributed by atoms with Gasteiger partial charge in [0.25, 0.3) is 0 Å². The number of alkyl carbamates (subject to hydrolysis) is 1. The summed E-state index contributed by atoms with van der Waals surface area (Å²) in [5, 5.41) is 7.65. The van der Waals surface area contributed by atoms with Crippen molar-refractivity contribution in [3.8, 4) is 11.5 Å². The summed E-state index contributed by atoms with van der Waals surface area (Å²) in [5.41, 5.74) is 2.05. The van der Waals surface area contributed by atoms with Gasteiger partial charge in [-0.15, -0.1) is 0 Å². The smallest absolute Gasteiger partial charge is 0.407 e. The molecule has 0 aliphatic carbocycles. The van der Waals surface area contributed by atoms with Gasteiger partial charge in [0.1, 0.15) is 11.4 Å². The molecule has 2 N–H and O–H groups in total. The van der Waals surface area contributed by atoms with Crippen molar-refractivity contribution in [2.45, 2.75) is 39.5 Å². The Bertz CT molecular complexity index is 1130. The van der Waals surface area contributed by atoms with E-state index in [0.717, 1.165) is 16.8 Å². The third kappa shape index (κ3) is 8.04. The number of halogens is 3. The van der Waals surface area contributed by atoms with Crippen molar-refractivity contribution in [1.82, 2.24) is 5.32 Å². The number of ether oxygens (including phenoxy) is 2. The van der Waals surface area contributed by atoms with E-state index >= 15 is 0 Å². The largest absolute Gasteiger partial charge is 0.455 e. The summed E-state index contributed by atoms with van der Waals surface area (Å²) >= 11 is 18.3. The topological polar surface area (TPSA) is 59.6 Å². The van der Waals surface area contributed by atoms with E-state index in [1.54, 1.807) is 18.2 Å². The molecule has 0 aromatic heterocycles. The van der Waals surface area contributed by atoms with Gasteiger partial charge < -0.3 is 20.1 Å². The number of anilines is 1. The minimum Gasteiger partial charge on any atom is -0.455 e. The minimum atomic E-state index is -0.553. The Hall–Kier alpha value is -2.60. The fourth-order valence-electron chi connectivity index (χ4n) is 2.91. The number of amides is 1. The summed E-state index contributed by atoms with van der Waals surface area (Å²) in [6.45, 7) is 6.29. The molecule has 33 heavy (non-hydrogen) atoms. The molecule has 0 aliphatic rings. The van der Waals surface area contributed by atoms with Gasteiger partial charge in [0.15, 0.2) is 5.75 Å². The van der Waals surface area contributed by atoms with E-state index < -0.39 is 11.7 Å². The summed E-state index contributed by atoms with van der Waals surface area (Å²) in [7, 11) is 0. The Morgan fingerprint density at radius 1 is 0.879 bits per heavy atom.